The molecular formula is C17H25N3O. The zero-order chi connectivity index (χ0) is 14.5. The summed E-state index contributed by atoms with van der Waals surface area (Å²) < 4.78 is 0. The van der Waals surface area contributed by atoms with Crippen LogP contribution in [0.2, 0.25) is 0 Å². The van der Waals surface area contributed by atoms with E-state index >= 15 is 0 Å². The maximum atomic E-state index is 12.1. The summed E-state index contributed by atoms with van der Waals surface area (Å²) in [5, 5.41) is 6.35. The number of nitrogens with one attached hydrogen (secondary N) is 2. The fourth-order valence-corrected chi connectivity index (χ4v) is 3.31. The Hall–Kier alpha value is -1.39. The molecule has 2 heterocycles. The fourth-order valence-electron chi connectivity index (χ4n) is 3.31. The van der Waals surface area contributed by atoms with Crippen molar-refractivity contribution < 1.29 is 4.79 Å². The van der Waals surface area contributed by atoms with Gasteiger partial charge in [-0.05, 0) is 69.1 Å². The van der Waals surface area contributed by atoms with Crippen LogP contribution in [0.1, 0.15) is 31.2 Å². The monoisotopic (exact) mass is 287 g/mol. The Labute approximate surface area is 126 Å². The molecule has 3 rings (SSSR count). The van der Waals surface area contributed by atoms with Crippen molar-refractivity contribution >= 4 is 11.6 Å². The van der Waals surface area contributed by atoms with E-state index < -0.39 is 0 Å². The number of amides is 1. The molecule has 0 spiro atoms. The number of rotatable bonds is 5. The Bertz CT molecular complexity index is 477. The van der Waals surface area contributed by atoms with E-state index in [1.165, 1.54) is 31.5 Å². The Morgan fingerprint density at radius 3 is 2.95 bits per heavy atom. The van der Waals surface area contributed by atoms with E-state index in [1.54, 1.807) is 0 Å². The van der Waals surface area contributed by atoms with Crippen molar-refractivity contribution in [2.75, 3.05) is 31.5 Å². The lowest BCUT2D eigenvalue weighted by Gasteiger charge is -2.15. The van der Waals surface area contributed by atoms with E-state index in [0.717, 1.165) is 31.7 Å². The fraction of sp³-hybridized carbons (Fsp3) is 0.588. The zero-order valence-corrected chi connectivity index (χ0v) is 12.6. The van der Waals surface area contributed by atoms with Gasteiger partial charge in [-0.3, -0.25) is 9.69 Å². The summed E-state index contributed by atoms with van der Waals surface area (Å²) in [6.45, 7) is 5.42. The second-order valence-corrected chi connectivity index (χ2v) is 6.29. The lowest BCUT2D eigenvalue weighted by atomic mass is 10.0. The van der Waals surface area contributed by atoms with Crippen LogP contribution < -0.4 is 10.6 Å². The van der Waals surface area contributed by atoms with Crippen LogP contribution in [0.4, 0.5) is 5.69 Å². The molecule has 2 aliphatic rings. The molecule has 1 amide bonds. The Balaban J connectivity index is 1.53. The number of hydrogen-bond acceptors (Lipinski definition) is 3. The smallest absolute Gasteiger partial charge is 0.224 e. The maximum Gasteiger partial charge on any atom is 0.224 e. The number of carbonyl (C=O) groups excluding carboxylic acids is 1. The van der Waals surface area contributed by atoms with Crippen molar-refractivity contribution in [3.05, 3.63) is 29.8 Å². The third-order valence-electron chi connectivity index (χ3n) is 4.45. The van der Waals surface area contributed by atoms with Gasteiger partial charge in [0, 0.05) is 18.7 Å². The summed E-state index contributed by atoms with van der Waals surface area (Å²) in [5.41, 5.74) is 2.22. The van der Waals surface area contributed by atoms with Gasteiger partial charge in [0.25, 0.3) is 0 Å². The number of carbonyl (C=O) groups is 1. The average molecular weight is 287 g/mol. The Kier molecular flexibility index (Phi) is 4.88. The Morgan fingerprint density at radius 2 is 2.19 bits per heavy atom. The third kappa shape index (κ3) is 4.29. The van der Waals surface area contributed by atoms with Gasteiger partial charge in [0.15, 0.2) is 0 Å². The maximum absolute atomic E-state index is 12.1. The van der Waals surface area contributed by atoms with Gasteiger partial charge in [-0.15, -0.1) is 0 Å². The van der Waals surface area contributed by atoms with Crippen molar-refractivity contribution in [1.82, 2.24) is 10.2 Å². The second kappa shape index (κ2) is 7.05. The van der Waals surface area contributed by atoms with E-state index in [2.05, 4.69) is 27.7 Å². The largest absolute Gasteiger partial charge is 0.326 e. The van der Waals surface area contributed by atoms with Crippen molar-refractivity contribution in [1.29, 1.82) is 0 Å². The van der Waals surface area contributed by atoms with E-state index in [4.69, 9.17) is 0 Å². The van der Waals surface area contributed by atoms with Gasteiger partial charge in [-0.1, -0.05) is 12.1 Å². The molecule has 2 aliphatic heterocycles. The van der Waals surface area contributed by atoms with Gasteiger partial charge in [0.1, 0.15) is 0 Å². The van der Waals surface area contributed by atoms with Gasteiger partial charge >= 0.3 is 0 Å². The van der Waals surface area contributed by atoms with Crippen molar-refractivity contribution in [2.45, 2.75) is 32.2 Å². The lowest BCUT2D eigenvalue weighted by molar-refractivity contribution is -0.116. The molecule has 0 radical (unpaired) electrons. The normalized spacial score (nSPS) is 22.6. The molecule has 2 fully saturated rings. The number of nitrogens with zero attached hydrogens (tertiary/aromatic N) is 1. The highest BCUT2D eigenvalue weighted by molar-refractivity contribution is 5.90. The molecule has 1 unspecified atom stereocenters. The second-order valence-electron chi connectivity index (χ2n) is 6.29. The Morgan fingerprint density at radius 1 is 1.33 bits per heavy atom. The molecule has 4 heteroatoms. The molecule has 0 aromatic heterocycles. The quantitative estimate of drug-likeness (QED) is 0.873. The topological polar surface area (TPSA) is 44.4 Å². The first-order valence-electron chi connectivity index (χ1n) is 8.11. The van der Waals surface area contributed by atoms with Gasteiger partial charge in [-0.25, -0.2) is 0 Å². The molecule has 0 bridgehead atoms. The minimum absolute atomic E-state index is 0.141. The summed E-state index contributed by atoms with van der Waals surface area (Å²) in [7, 11) is 0. The number of hydrogen-bond donors (Lipinski definition) is 2. The van der Waals surface area contributed by atoms with E-state index in [9.17, 15) is 4.79 Å². The zero-order valence-electron chi connectivity index (χ0n) is 12.6. The van der Waals surface area contributed by atoms with E-state index in [1.807, 2.05) is 12.1 Å². The van der Waals surface area contributed by atoms with Crippen molar-refractivity contribution in [3.8, 4) is 0 Å². The number of likely N-dealkylation sites (tertiary alicyclic amines) is 1. The van der Waals surface area contributed by atoms with Gasteiger partial charge in [0.05, 0.1) is 0 Å². The molecule has 1 aromatic carbocycles. The van der Waals surface area contributed by atoms with Crippen LogP contribution in [0, 0.1) is 5.92 Å². The minimum Gasteiger partial charge on any atom is -0.326 e. The average Bonchev–Trinajstić information content (AvgIpc) is 3.12. The first-order chi connectivity index (χ1) is 10.3. The molecule has 4 nitrogen and oxygen atoms in total. The van der Waals surface area contributed by atoms with Gasteiger partial charge in [-0.2, -0.15) is 0 Å². The molecule has 2 saturated heterocycles. The van der Waals surface area contributed by atoms with Gasteiger partial charge in [0.2, 0.25) is 5.91 Å². The van der Waals surface area contributed by atoms with Crippen molar-refractivity contribution in [2.24, 2.45) is 5.92 Å². The standard InChI is InChI=1S/C17H25N3O/c21-17(11-14-6-7-18-12-14)19-16-5-3-4-15(10-16)13-20-8-1-2-9-20/h3-5,10,14,18H,1-2,6-9,11-13H2,(H,19,21). The first kappa shape index (κ1) is 14.5. The van der Waals surface area contributed by atoms with Crippen LogP contribution in [-0.2, 0) is 11.3 Å². The molecule has 1 atom stereocenters. The van der Waals surface area contributed by atoms with E-state index in [-0.39, 0.29) is 5.91 Å². The van der Waals surface area contributed by atoms with Crippen LogP contribution in [0.15, 0.2) is 24.3 Å². The SMILES string of the molecule is O=C(CC1CCNC1)Nc1cccc(CN2CCCC2)c1. The van der Waals surface area contributed by atoms with Crippen molar-refractivity contribution in [3.63, 3.8) is 0 Å². The molecule has 21 heavy (non-hydrogen) atoms. The molecule has 1 aromatic rings. The molecule has 114 valence electrons. The summed E-state index contributed by atoms with van der Waals surface area (Å²) >= 11 is 0. The molecular weight excluding hydrogens is 262 g/mol. The van der Waals surface area contributed by atoms with Crippen LogP contribution >= 0.6 is 0 Å². The van der Waals surface area contributed by atoms with Crippen LogP contribution in [0.3, 0.4) is 0 Å². The molecule has 0 aliphatic carbocycles. The summed E-state index contributed by atoms with van der Waals surface area (Å²) in [6.07, 6.45) is 4.36. The van der Waals surface area contributed by atoms with Crippen LogP contribution in [0.25, 0.3) is 0 Å². The highest BCUT2D eigenvalue weighted by Gasteiger charge is 2.18. The summed E-state index contributed by atoms with van der Waals surface area (Å²) in [6, 6.07) is 8.29. The lowest BCUT2D eigenvalue weighted by Crippen LogP contribution is -2.19. The minimum atomic E-state index is 0.141. The van der Waals surface area contributed by atoms with Crippen LogP contribution in [-0.4, -0.2) is 37.0 Å². The van der Waals surface area contributed by atoms with Gasteiger partial charge < -0.3 is 10.6 Å². The first-order valence-corrected chi connectivity index (χ1v) is 8.11. The molecule has 0 saturated carbocycles. The van der Waals surface area contributed by atoms with E-state index in [0.29, 0.717) is 12.3 Å². The predicted octanol–water partition coefficient (Wildman–Crippen LogP) is 2.22. The van der Waals surface area contributed by atoms with Crippen LogP contribution in [0.5, 0.6) is 0 Å². The number of anilines is 1. The third-order valence-corrected chi connectivity index (χ3v) is 4.45. The summed E-state index contributed by atoms with van der Waals surface area (Å²) in [5.74, 6) is 0.639. The molecule has 2 N–H and O–H groups in total. The highest BCUT2D eigenvalue weighted by atomic mass is 16.1. The number of benzene rings is 1. The predicted molar refractivity (Wildman–Crippen MR) is 85.2 cm³/mol. The summed E-state index contributed by atoms with van der Waals surface area (Å²) in [4.78, 5) is 14.6. The highest BCUT2D eigenvalue weighted by Crippen LogP contribution is 2.18.